The third kappa shape index (κ3) is 3.43. The highest BCUT2D eigenvalue weighted by Gasteiger charge is 2.03. The molecule has 0 bridgehead atoms. The van der Waals surface area contributed by atoms with Crippen molar-refractivity contribution < 1.29 is 4.74 Å². The summed E-state index contributed by atoms with van der Waals surface area (Å²) in [5.74, 6) is 0.875. The van der Waals surface area contributed by atoms with E-state index in [-0.39, 0.29) is 0 Å². The van der Waals surface area contributed by atoms with Crippen LogP contribution in [0.1, 0.15) is 15.4 Å². The normalized spacial score (nSPS) is 10.5. The quantitative estimate of drug-likeness (QED) is 0.847. The Balaban J connectivity index is 2.03. The number of benzene rings is 1. The van der Waals surface area contributed by atoms with Gasteiger partial charge in [-0.25, -0.2) is 9.82 Å². The van der Waals surface area contributed by atoms with Gasteiger partial charge in [0.15, 0.2) is 0 Å². The Morgan fingerprint density at radius 1 is 1.35 bits per heavy atom. The van der Waals surface area contributed by atoms with Crippen LogP contribution in [0.3, 0.4) is 0 Å². The molecular weight excluding hydrogens is 256 g/mol. The van der Waals surface area contributed by atoms with Crippen molar-refractivity contribution >= 4 is 23.1 Å². The van der Waals surface area contributed by atoms with Crippen molar-refractivity contribution in [2.45, 2.75) is 13.0 Å². The first-order chi connectivity index (χ1) is 8.31. The number of methoxy groups -OCH3 is 1. The van der Waals surface area contributed by atoms with Gasteiger partial charge in [-0.3, -0.25) is 0 Å². The summed E-state index contributed by atoms with van der Waals surface area (Å²) < 4.78 is 5.12. The van der Waals surface area contributed by atoms with Crippen LogP contribution in [0.4, 0.5) is 0 Å². The molecule has 0 fully saturated rings. The summed E-state index contributed by atoms with van der Waals surface area (Å²) in [6.45, 7) is 0.655. The van der Waals surface area contributed by atoms with Crippen molar-refractivity contribution in [3.63, 3.8) is 0 Å². The van der Waals surface area contributed by atoms with Crippen LogP contribution >= 0.6 is 23.1 Å². The molecule has 1 aromatic carbocycles. The third-order valence-corrected chi connectivity index (χ3v) is 3.49. The van der Waals surface area contributed by atoms with Gasteiger partial charge in [-0.15, -0.1) is 11.3 Å². The Kier molecular flexibility index (Phi) is 4.36. The van der Waals surface area contributed by atoms with Gasteiger partial charge in [-0.2, -0.15) is 0 Å². The molecule has 1 aromatic heterocycles. The maximum Gasteiger partial charge on any atom is 0.118 e. The Morgan fingerprint density at radius 2 is 2.12 bits per heavy atom. The van der Waals surface area contributed by atoms with E-state index in [9.17, 15) is 0 Å². The fraction of sp³-hybridized carbons (Fsp3) is 0.250. The van der Waals surface area contributed by atoms with E-state index in [0.29, 0.717) is 6.54 Å². The molecule has 2 aromatic rings. The second-order valence-corrected chi connectivity index (χ2v) is 5.02. The molecule has 0 saturated heterocycles. The second kappa shape index (κ2) is 6.00. The summed E-state index contributed by atoms with van der Waals surface area (Å²) >= 11 is 7.13. The largest absolute Gasteiger partial charge is 0.497 e. The molecule has 90 valence electrons. The molecule has 0 atom stereocenters. The Hall–Kier alpha value is -1.10. The van der Waals surface area contributed by atoms with E-state index < -0.39 is 0 Å². The smallest absolute Gasteiger partial charge is 0.118 e. The predicted molar refractivity (Wildman–Crippen MR) is 70.6 cm³/mol. The number of halogens is 1. The molecule has 0 amide bonds. The number of hydrogen-bond donors (Lipinski definition) is 1. The zero-order valence-corrected chi connectivity index (χ0v) is 11.0. The van der Waals surface area contributed by atoms with E-state index in [4.69, 9.17) is 16.5 Å². The fourth-order valence-electron chi connectivity index (χ4n) is 1.50. The molecule has 0 aliphatic heterocycles. The summed E-state index contributed by atoms with van der Waals surface area (Å²) in [5.41, 5.74) is 1.23. The van der Waals surface area contributed by atoms with Crippen molar-refractivity contribution in [2.24, 2.45) is 0 Å². The first-order valence-corrected chi connectivity index (χ1v) is 6.41. The first kappa shape index (κ1) is 12.4. The molecule has 0 aliphatic carbocycles. The summed E-state index contributed by atoms with van der Waals surface area (Å²) in [7, 11) is 1.67. The maximum absolute atomic E-state index is 5.45. The van der Waals surface area contributed by atoms with Crippen LogP contribution in [0.25, 0.3) is 0 Å². The molecule has 1 N–H and O–H groups in total. The zero-order valence-electron chi connectivity index (χ0n) is 9.44. The number of aromatic nitrogens is 1. The topological polar surface area (TPSA) is 34.1 Å². The minimum absolute atomic E-state index is 0.655. The summed E-state index contributed by atoms with van der Waals surface area (Å²) in [6.07, 6.45) is 2.70. The van der Waals surface area contributed by atoms with E-state index in [0.717, 1.165) is 22.1 Å². The fourth-order valence-corrected chi connectivity index (χ4v) is 2.62. The lowest BCUT2D eigenvalue weighted by Crippen LogP contribution is -1.94. The minimum atomic E-state index is 0.655. The number of rotatable bonds is 5. The Labute approximate surface area is 110 Å². The lowest BCUT2D eigenvalue weighted by atomic mass is 10.1. The van der Waals surface area contributed by atoms with Crippen molar-refractivity contribution in [1.29, 1.82) is 0 Å². The van der Waals surface area contributed by atoms with Crippen LogP contribution in [0.15, 0.2) is 30.5 Å². The highest BCUT2D eigenvalue weighted by molar-refractivity contribution is 7.11. The highest BCUT2D eigenvalue weighted by Crippen LogP contribution is 2.18. The van der Waals surface area contributed by atoms with Gasteiger partial charge < -0.3 is 4.74 Å². The Morgan fingerprint density at radius 3 is 2.76 bits per heavy atom. The van der Waals surface area contributed by atoms with Gasteiger partial charge in [0.2, 0.25) is 0 Å². The molecule has 0 radical (unpaired) electrons. The number of thiazole rings is 1. The molecule has 0 aliphatic rings. The molecular formula is C12H13ClN2OS. The first-order valence-electron chi connectivity index (χ1n) is 5.22. The average Bonchev–Trinajstić information content (AvgIpc) is 2.78. The summed E-state index contributed by atoms with van der Waals surface area (Å²) in [6, 6.07) is 8.04. The second-order valence-electron chi connectivity index (χ2n) is 3.56. The molecule has 3 nitrogen and oxygen atoms in total. The summed E-state index contributed by atoms with van der Waals surface area (Å²) in [5, 5.41) is 1.09. The highest BCUT2D eigenvalue weighted by atomic mass is 35.5. The van der Waals surface area contributed by atoms with Crippen molar-refractivity contribution in [3.05, 3.63) is 45.9 Å². The third-order valence-electron chi connectivity index (χ3n) is 2.36. The molecule has 0 saturated carbocycles. The molecule has 0 unspecified atom stereocenters. The van der Waals surface area contributed by atoms with Gasteiger partial charge >= 0.3 is 0 Å². The van der Waals surface area contributed by atoms with E-state index in [1.165, 1.54) is 5.56 Å². The van der Waals surface area contributed by atoms with Gasteiger partial charge in [0.25, 0.3) is 0 Å². The summed E-state index contributed by atoms with van der Waals surface area (Å²) in [4.78, 5) is 8.11. The number of hydrogen-bond acceptors (Lipinski definition) is 4. The van der Waals surface area contributed by atoms with E-state index in [1.54, 1.807) is 18.4 Å². The lowest BCUT2D eigenvalue weighted by Gasteiger charge is -2.01. The van der Waals surface area contributed by atoms with E-state index >= 15 is 0 Å². The van der Waals surface area contributed by atoms with Crippen LogP contribution in [-0.4, -0.2) is 12.1 Å². The minimum Gasteiger partial charge on any atom is -0.497 e. The maximum atomic E-state index is 5.45. The SMILES string of the molecule is COc1ccc(Cc2ncc(CNCl)s2)cc1. The van der Waals surface area contributed by atoms with Gasteiger partial charge in [-0.05, 0) is 29.5 Å². The van der Waals surface area contributed by atoms with Gasteiger partial charge in [0, 0.05) is 24.0 Å². The van der Waals surface area contributed by atoms with Crippen LogP contribution in [0.2, 0.25) is 0 Å². The number of nitrogens with zero attached hydrogens (tertiary/aromatic N) is 1. The van der Waals surface area contributed by atoms with Crippen molar-refractivity contribution in [2.75, 3.05) is 7.11 Å². The molecule has 17 heavy (non-hydrogen) atoms. The van der Waals surface area contributed by atoms with Crippen molar-refractivity contribution in [1.82, 2.24) is 9.82 Å². The number of nitrogens with one attached hydrogen (secondary N) is 1. The van der Waals surface area contributed by atoms with Crippen LogP contribution in [0, 0.1) is 0 Å². The number of ether oxygens (including phenoxy) is 1. The molecule has 0 spiro atoms. The molecule has 5 heteroatoms. The monoisotopic (exact) mass is 268 g/mol. The van der Waals surface area contributed by atoms with Gasteiger partial charge in [-0.1, -0.05) is 12.1 Å². The Bertz CT molecular complexity index is 470. The van der Waals surface area contributed by atoms with Gasteiger partial charge in [0.1, 0.15) is 5.75 Å². The molecule has 2 rings (SSSR count). The van der Waals surface area contributed by atoms with Crippen LogP contribution in [0.5, 0.6) is 5.75 Å². The average molecular weight is 269 g/mol. The predicted octanol–water partition coefficient (Wildman–Crippen LogP) is 2.99. The van der Waals surface area contributed by atoms with Crippen molar-refractivity contribution in [3.8, 4) is 5.75 Å². The molecule has 1 heterocycles. The van der Waals surface area contributed by atoms with E-state index in [1.807, 2.05) is 18.3 Å². The van der Waals surface area contributed by atoms with Crippen LogP contribution in [-0.2, 0) is 13.0 Å². The van der Waals surface area contributed by atoms with E-state index in [2.05, 4.69) is 22.0 Å². The lowest BCUT2D eigenvalue weighted by molar-refractivity contribution is 0.414. The van der Waals surface area contributed by atoms with Gasteiger partial charge in [0.05, 0.1) is 12.1 Å². The standard InChI is InChI=1S/C12H13ClN2OS/c1-16-10-4-2-9(3-5-10)6-12-14-7-11(17-12)8-15-13/h2-5,7,15H,6,8H2,1H3. The van der Waals surface area contributed by atoms with Crippen LogP contribution < -0.4 is 9.57 Å². The zero-order chi connectivity index (χ0) is 12.1.